The van der Waals surface area contributed by atoms with E-state index in [0.717, 1.165) is 10.3 Å². The Labute approximate surface area is 89.5 Å². The molecule has 2 rings (SSSR count). The molecule has 0 spiro atoms. The molecule has 2 nitrogen and oxygen atoms in total. The molecular weight excluding hydrogens is 247 g/mol. The fraction of sp³-hybridized carbons (Fsp3) is 0.100. The van der Waals surface area contributed by atoms with E-state index in [1.165, 1.54) is 6.07 Å². The highest BCUT2D eigenvalue weighted by Crippen LogP contribution is 2.19. The van der Waals surface area contributed by atoms with Crippen molar-refractivity contribution in [3.8, 4) is 5.69 Å². The summed E-state index contributed by atoms with van der Waals surface area (Å²) in [5.41, 5.74) is 0.517. The maximum Gasteiger partial charge on any atom is 0.148 e. The summed E-state index contributed by atoms with van der Waals surface area (Å²) in [7, 11) is 0. The lowest BCUT2D eigenvalue weighted by Crippen LogP contribution is -1.98. The van der Waals surface area contributed by atoms with Crippen LogP contribution in [0.3, 0.4) is 0 Å². The van der Waals surface area contributed by atoms with Crippen molar-refractivity contribution in [2.24, 2.45) is 0 Å². The van der Waals surface area contributed by atoms with Crippen LogP contribution in [0, 0.1) is 12.7 Å². The van der Waals surface area contributed by atoms with Crippen LogP contribution < -0.4 is 0 Å². The molecule has 0 aliphatic heterocycles. The van der Waals surface area contributed by atoms with E-state index in [-0.39, 0.29) is 5.82 Å². The molecule has 2 aromatic rings. The largest absolute Gasteiger partial charge is 0.301 e. The van der Waals surface area contributed by atoms with Gasteiger partial charge in [0.05, 0.1) is 5.69 Å². The zero-order valence-electron chi connectivity index (χ0n) is 7.54. The highest BCUT2D eigenvalue weighted by Gasteiger charge is 2.06. The van der Waals surface area contributed by atoms with Crippen LogP contribution in [0.5, 0.6) is 0 Å². The number of benzene rings is 1. The molecule has 0 atom stereocenters. The fourth-order valence-corrected chi connectivity index (χ4v) is 1.64. The monoisotopic (exact) mass is 254 g/mol. The molecule has 0 bridgehead atoms. The number of imidazole rings is 1. The maximum absolute atomic E-state index is 13.5. The van der Waals surface area contributed by atoms with Crippen molar-refractivity contribution < 1.29 is 4.39 Å². The number of aryl methyl sites for hydroxylation is 1. The van der Waals surface area contributed by atoms with Crippen LogP contribution >= 0.6 is 15.9 Å². The van der Waals surface area contributed by atoms with E-state index < -0.39 is 0 Å². The quantitative estimate of drug-likeness (QED) is 0.765. The van der Waals surface area contributed by atoms with Crippen molar-refractivity contribution in [1.82, 2.24) is 9.55 Å². The Morgan fingerprint density at radius 2 is 2.21 bits per heavy atom. The van der Waals surface area contributed by atoms with Crippen LogP contribution in [0.4, 0.5) is 4.39 Å². The summed E-state index contributed by atoms with van der Waals surface area (Å²) in [5, 5.41) is 0. The zero-order chi connectivity index (χ0) is 10.1. The van der Waals surface area contributed by atoms with Gasteiger partial charge < -0.3 is 4.57 Å². The van der Waals surface area contributed by atoms with Gasteiger partial charge in [0.15, 0.2) is 0 Å². The van der Waals surface area contributed by atoms with E-state index in [9.17, 15) is 4.39 Å². The van der Waals surface area contributed by atoms with Gasteiger partial charge in [-0.3, -0.25) is 0 Å². The van der Waals surface area contributed by atoms with Crippen molar-refractivity contribution >= 4 is 15.9 Å². The molecule has 0 fully saturated rings. The molecule has 0 radical (unpaired) electrons. The van der Waals surface area contributed by atoms with Gasteiger partial charge in [-0.15, -0.1) is 0 Å². The van der Waals surface area contributed by atoms with E-state index in [1.54, 1.807) is 29.1 Å². The average molecular weight is 255 g/mol. The topological polar surface area (TPSA) is 17.8 Å². The second-order valence-electron chi connectivity index (χ2n) is 2.94. The molecule has 72 valence electrons. The van der Waals surface area contributed by atoms with Gasteiger partial charge in [0.25, 0.3) is 0 Å². The van der Waals surface area contributed by atoms with E-state index in [4.69, 9.17) is 0 Å². The molecule has 4 heteroatoms. The molecule has 14 heavy (non-hydrogen) atoms. The Kier molecular flexibility index (Phi) is 2.37. The zero-order valence-corrected chi connectivity index (χ0v) is 9.12. The minimum Gasteiger partial charge on any atom is -0.301 e. The molecule has 0 unspecified atom stereocenters. The van der Waals surface area contributed by atoms with E-state index >= 15 is 0 Å². The molecule has 0 saturated carbocycles. The summed E-state index contributed by atoms with van der Waals surface area (Å²) in [6, 6.07) is 4.96. The van der Waals surface area contributed by atoms with E-state index in [1.807, 2.05) is 6.92 Å². The van der Waals surface area contributed by atoms with Gasteiger partial charge in [-0.25, -0.2) is 9.37 Å². The third kappa shape index (κ3) is 1.57. The maximum atomic E-state index is 13.5. The molecule has 1 heterocycles. The minimum absolute atomic E-state index is 0.263. The molecule has 0 aliphatic rings. The summed E-state index contributed by atoms with van der Waals surface area (Å²) in [6.07, 6.45) is 3.39. The van der Waals surface area contributed by atoms with Gasteiger partial charge in [-0.1, -0.05) is 15.9 Å². The second-order valence-corrected chi connectivity index (χ2v) is 3.86. The standard InChI is InChI=1S/C10H8BrFN2/c1-7-13-4-5-14(7)10-3-2-8(11)6-9(10)12/h2-6H,1H3. The minimum atomic E-state index is -0.263. The van der Waals surface area contributed by atoms with Gasteiger partial charge in [-0.05, 0) is 25.1 Å². The normalized spacial score (nSPS) is 10.5. The van der Waals surface area contributed by atoms with E-state index in [2.05, 4.69) is 20.9 Å². The first-order chi connectivity index (χ1) is 6.68. The van der Waals surface area contributed by atoms with E-state index in [0.29, 0.717) is 5.69 Å². The summed E-state index contributed by atoms with van der Waals surface area (Å²) in [4.78, 5) is 4.04. The average Bonchev–Trinajstić information content (AvgIpc) is 2.52. The molecule has 1 aromatic carbocycles. The predicted molar refractivity (Wildman–Crippen MR) is 56.0 cm³/mol. The number of aromatic nitrogens is 2. The van der Waals surface area contributed by atoms with Gasteiger partial charge in [0.1, 0.15) is 11.6 Å². The van der Waals surface area contributed by atoms with Gasteiger partial charge in [0.2, 0.25) is 0 Å². The van der Waals surface area contributed by atoms with Crippen LogP contribution in [0.2, 0.25) is 0 Å². The van der Waals surface area contributed by atoms with Crippen molar-refractivity contribution in [2.75, 3.05) is 0 Å². The number of hydrogen-bond acceptors (Lipinski definition) is 1. The molecule has 0 aliphatic carbocycles. The molecule has 1 aromatic heterocycles. The lowest BCUT2D eigenvalue weighted by Gasteiger charge is -2.06. The Bertz CT molecular complexity index is 465. The Morgan fingerprint density at radius 3 is 2.79 bits per heavy atom. The van der Waals surface area contributed by atoms with Gasteiger partial charge in [0, 0.05) is 16.9 Å². The van der Waals surface area contributed by atoms with Gasteiger partial charge >= 0.3 is 0 Å². The summed E-state index contributed by atoms with van der Waals surface area (Å²) >= 11 is 3.21. The fourth-order valence-electron chi connectivity index (χ4n) is 1.31. The predicted octanol–water partition coefficient (Wildman–Crippen LogP) is 3.08. The van der Waals surface area contributed by atoms with Crippen molar-refractivity contribution in [2.45, 2.75) is 6.92 Å². The van der Waals surface area contributed by atoms with Crippen molar-refractivity contribution in [3.05, 3.63) is 46.7 Å². The summed E-state index contributed by atoms with van der Waals surface area (Å²) in [6.45, 7) is 1.83. The third-order valence-electron chi connectivity index (χ3n) is 2.00. The number of rotatable bonds is 1. The third-order valence-corrected chi connectivity index (χ3v) is 2.49. The highest BCUT2D eigenvalue weighted by molar-refractivity contribution is 9.10. The van der Waals surface area contributed by atoms with Crippen LogP contribution in [-0.2, 0) is 0 Å². The first kappa shape index (κ1) is 9.40. The van der Waals surface area contributed by atoms with Crippen LogP contribution in [0.15, 0.2) is 35.1 Å². The number of hydrogen-bond donors (Lipinski definition) is 0. The highest BCUT2D eigenvalue weighted by atomic mass is 79.9. The van der Waals surface area contributed by atoms with Gasteiger partial charge in [-0.2, -0.15) is 0 Å². The Morgan fingerprint density at radius 1 is 1.43 bits per heavy atom. The smallest absolute Gasteiger partial charge is 0.148 e. The summed E-state index contributed by atoms with van der Waals surface area (Å²) < 4.78 is 16.0. The Balaban J connectivity index is 2.58. The SMILES string of the molecule is Cc1nccn1-c1ccc(Br)cc1F. The first-order valence-corrected chi connectivity index (χ1v) is 4.93. The lowest BCUT2D eigenvalue weighted by atomic mass is 10.3. The first-order valence-electron chi connectivity index (χ1n) is 4.14. The molecule has 0 saturated heterocycles. The van der Waals surface area contributed by atoms with Crippen LogP contribution in [0.25, 0.3) is 5.69 Å². The summed E-state index contributed by atoms with van der Waals surface area (Å²) in [5.74, 6) is 0.506. The molecule has 0 amide bonds. The van der Waals surface area contributed by atoms with Crippen molar-refractivity contribution in [3.63, 3.8) is 0 Å². The van der Waals surface area contributed by atoms with Crippen LogP contribution in [-0.4, -0.2) is 9.55 Å². The second kappa shape index (κ2) is 3.53. The molecule has 0 N–H and O–H groups in total. The molecular formula is C10H8BrFN2. The van der Waals surface area contributed by atoms with Crippen LogP contribution in [0.1, 0.15) is 5.82 Å². The Hall–Kier alpha value is -1.16. The lowest BCUT2D eigenvalue weighted by molar-refractivity contribution is 0.615. The van der Waals surface area contributed by atoms with Crippen molar-refractivity contribution in [1.29, 1.82) is 0 Å². The number of halogens is 2. The number of nitrogens with zero attached hydrogens (tertiary/aromatic N) is 2.